The van der Waals surface area contributed by atoms with Gasteiger partial charge in [-0.25, -0.2) is 4.57 Å². The molecule has 0 saturated carbocycles. The molecule has 0 aliphatic carbocycles. The molecule has 3 N–H and O–H groups in total. The Morgan fingerprint density at radius 3 is 1.08 bits per heavy atom. The summed E-state index contributed by atoms with van der Waals surface area (Å²) in [6, 6.07) is 0. The number of hydrogen-bond acceptors (Lipinski definition) is 9. The van der Waals surface area contributed by atoms with Gasteiger partial charge in [0.05, 0.1) is 26.4 Å². The average Bonchev–Trinajstić information content (AvgIpc) is 3.27. The van der Waals surface area contributed by atoms with Crippen molar-refractivity contribution in [2.75, 3.05) is 26.4 Å². The van der Waals surface area contributed by atoms with E-state index < -0.39 is 58.4 Å². The van der Waals surface area contributed by atoms with E-state index in [-0.39, 0.29) is 12.8 Å². The number of carbonyl (C=O) groups excluding carboxylic acids is 2. The molecule has 0 aromatic heterocycles. The van der Waals surface area contributed by atoms with Gasteiger partial charge in [0.25, 0.3) is 0 Å². The molecule has 0 aromatic rings. The fraction of sp³-hybridized carbons (Fsp3) is 0.731. The molecule has 0 radical (unpaired) electrons. The highest BCUT2D eigenvalue weighted by molar-refractivity contribution is 7.47. The summed E-state index contributed by atoms with van der Waals surface area (Å²) in [6.45, 7) is 2.07. The summed E-state index contributed by atoms with van der Waals surface area (Å²) in [7, 11) is -4.65. The maximum Gasteiger partial charge on any atom is 0.472 e. The summed E-state index contributed by atoms with van der Waals surface area (Å²) < 4.78 is 32.7. The second-order valence-corrected chi connectivity index (χ2v) is 17.9. The minimum absolute atomic E-state index is 0.179. The lowest BCUT2D eigenvalue weighted by molar-refractivity contribution is -0.153. The van der Waals surface area contributed by atoms with E-state index in [1.165, 1.54) is 83.5 Å². The molecule has 3 atom stereocenters. The Labute approximate surface area is 384 Å². The Hall–Kier alpha value is -2.59. The minimum atomic E-state index is -4.65. The third kappa shape index (κ3) is 45.8. The molecule has 0 aliphatic heterocycles. The zero-order valence-electron chi connectivity index (χ0n) is 39.8. The number of carbonyl (C=O) groups is 2. The summed E-state index contributed by atoms with van der Waals surface area (Å²) in [4.78, 5) is 34.7. The van der Waals surface area contributed by atoms with E-state index in [1.54, 1.807) is 0 Å². The summed E-state index contributed by atoms with van der Waals surface area (Å²) in [5.74, 6) is -1.03. The number of phosphoric acid groups is 1. The van der Waals surface area contributed by atoms with E-state index in [2.05, 4.69) is 86.8 Å². The molecular weight excluding hydrogens is 816 g/mol. The highest BCUT2D eigenvalue weighted by atomic mass is 31.2. The average molecular weight is 907 g/mol. The molecule has 0 aromatic carbocycles. The van der Waals surface area contributed by atoms with Crippen LogP contribution in [0.5, 0.6) is 0 Å². The molecule has 11 heteroatoms. The van der Waals surface area contributed by atoms with Crippen LogP contribution in [0.4, 0.5) is 0 Å². The van der Waals surface area contributed by atoms with Gasteiger partial charge in [-0.3, -0.25) is 18.6 Å². The number of hydrogen-bond donors (Lipinski definition) is 3. The van der Waals surface area contributed by atoms with E-state index >= 15 is 0 Å². The van der Waals surface area contributed by atoms with E-state index in [9.17, 15) is 29.3 Å². The topological polar surface area (TPSA) is 149 Å². The van der Waals surface area contributed by atoms with Crippen molar-refractivity contribution >= 4 is 19.8 Å². The normalized spacial score (nSPS) is 14.3. The van der Waals surface area contributed by atoms with Gasteiger partial charge < -0.3 is 24.6 Å². The Bertz CT molecular complexity index is 1270. The monoisotopic (exact) mass is 907 g/mol. The van der Waals surface area contributed by atoms with Gasteiger partial charge in [-0.05, 0) is 83.5 Å². The molecule has 0 rings (SSSR count). The quantitative estimate of drug-likeness (QED) is 0.0233. The number of aliphatic hydroxyl groups excluding tert-OH is 2. The van der Waals surface area contributed by atoms with E-state index in [1.807, 2.05) is 0 Å². The lowest BCUT2D eigenvalue weighted by atomic mass is 10.1. The zero-order chi connectivity index (χ0) is 46.2. The highest BCUT2D eigenvalue weighted by Gasteiger charge is 2.27. The molecule has 0 aliphatic rings. The Kier molecular flexibility index (Phi) is 45.4. The Morgan fingerprint density at radius 1 is 0.444 bits per heavy atom. The molecule has 364 valence electrons. The molecule has 0 spiro atoms. The van der Waals surface area contributed by atoms with Crippen LogP contribution >= 0.6 is 7.82 Å². The first kappa shape index (κ1) is 60.4. The standard InChI is InChI=1S/C52H91O10P/c1-3-5-7-9-11-13-15-17-19-21-23-24-26-28-30-32-34-36-38-40-42-44-52(56)62-50(46-54)48-60-63(57,58)59-47-49(45-53)61-51(55)43-41-39-37-35-33-31-29-27-25-22-20-18-16-14-12-10-8-6-4-2/h5,7,11-14,17-20,23-24,49-50,53-54H,3-4,6,8-10,15-16,21-22,25-48H2,1-2H3,(H,57,58)/b7-5-,13-11-,14-12-,19-17-,20-18-,24-23-. The summed E-state index contributed by atoms with van der Waals surface area (Å²) >= 11 is 0. The maximum absolute atomic E-state index is 12.4. The smallest absolute Gasteiger partial charge is 0.457 e. The van der Waals surface area contributed by atoms with E-state index in [4.69, 9.17) is 18.5 Å². The summed E-state index contributed by atoms with van der Waals surface area (Å²) in [5.41, 5.74) is 0. The third-order valence-corrected chi connectivity index (χ3v) is 11.4. The number of rotatable bonds is 46. The van der Waals surface area contributed by atoms with Crippen molar-refractivity contribution in [3.05, 3.63) is 72.9 Å². The van der Waals surface area contributed by atoms with Gasteiger partial charge in [-0.2, -0.15) is 0 Å². The van der Waals surface area contributed by atoms with Gasteiger partial charge in [0.15, 0.2) is 0 Å². The largest absolute Gasteiger partial charge is 0.472 e. The van der Waals surface area contributed by atoms with E-state index in [0.29, 0.717) is 12.8 Å². The van der Waals surface area contributed by atoms with Crippen LogP contribution in [-0.2, 0) is 32.7 Å². The first-order valence-electron chi connectivity index (χ1n) is 24.9. The third-order valence-electron chi connectivity index (χ3n) is 10.4. The van der Waals surface area contributed by atoms with Crippen LogP contribution in [0.1, 0.15) is 206 Å². The Balaban J connectivity index is 3.88. The lowest BCUT2D eigenvalue weighted by Crippen LogP contribution is -2.28. The van der Waals surface area contributed by atoms with Gasteiger partial charge in [0, 0.05) is 12.8 Å². The SMILES string of the molecule is CC/C=C\C/C=C\C/C=C\C/C=C\CCCCCCCCCCC(=O)OC(CO)COP(=O)(O)OCC(CO)OC(=O)CCCCCCCCCCC/C=C\C/C=C\CCCCC. The lowest BCUT2D eigenvalue weighted by Gasteiger charge is -2.20. The number of phosphoric ester groups is 1. The van der Waals surface area contributed by atoms with Gasteiger partial charge in [0.2, 0.25) is 0 Å². The fourth-order valence-electron chi connectivity index (χ4n) is 6.61. The van der Waals surface area contributed by atoms with Crippen molar-refractivity contribution in [1.82, 2.24) is 0 Å². The predicted octanol–water partition coefficient (Wildman–Crippen LogP) is 14.0. The van der Waals surface area contributed by atoms with Gasteiger partial charge >= 0.3 is 19.8 Å². The first-order chi connectivity index (χ1) is 30.8. The molecule has 0 heterocycles. The first-order valence-corrected chi connectivity index (χ1v) is 26.4. The van der Waals surface area contributed by atoms with Gasteiger partial charge in [-0.1, -0.05) is 183 Å². The molecule has 0 bridgehead atoms. The van der Waals surface area contributed by atoms with Crippen LogP contribution in [-0.4, -0.2) is 65.7 Å². The Morgan fingerprint density at radius 2 is 0.746 bits per heavy atom. The number of unbranched alkanes of at least 4 members (excludes halogenated alkanes) is 20. The number of ether oxygens (including phenoxy) is 2. The zero-order valence-corrected chi connectivity index (χ0v) is 40.7. The number of esters is 2. The van der Waals surface area contributed by atoms with Crippen LogP contribution in [0.3, 0.4) is 0 Å². The van der Waals surface area contributed by atoms with Crippen LogP contribution < -0.4 is 0 Å². The minimum Gasteiger partial charge on any atom is -0.457 e. The second kappa shape index (κ2) is 47.4. The van der Waals surface area contributed by atoms with Crippen molar-refractivity contribution in [2.24, 2.45) is 0 Å². The molecule has 0 saturated heterocycles. The second-order valence-electron chi connectivity index (χ2n) is 16.4. The molecule has 0 fully saturated rings. The molecule has 3 unspecified atom stereocenters. The van der Waals surface area contributed by atoms with Gasteiger partial charge in [-0.15, -0.1) is 0 Å². The molecular formula is C52H91O10P. The van der Waals surface area contributed by atoms with E-state index in [0.717, 1.165) is 83.5 Å². The summed E-state index contributed by atoms with van der Waals surface area (Å²) in [6.07, 6.45) is 55.8. The highest BCUT2D eigenvalue weighted by Crippen LogP contribution is 2.43. The summed E-state index contributed by atoms with van der Waals surface area (Å²) in [5, 5.41) is 19.2. The molecule has 0 amide bonds. The number of allylic oxidation sites excluding steroid dienone is 12. The van der Waals surface area contributed by atoms with Crippen LogP contribution in [0.25, 0.3) is 0 Å². The molecule has 10 nitrogen and oxygen atoms in total. The van der Waals surface area contributed by atoms with Crippen molar-refractivity contribution in [1.29, 1.82) is 0 Å². The van der Waals surface area contributed by atoms with Crippen molar-refractivity contribution in [3.63, 3.8) is 0 Å². The van der Waals surface area contributed by atoms with Gasteiger partial charge in [0.1, 0.15) is 12.2 Å². The van der Waals surface area contributed by atoms with Crippen molar-refractivity contribution in [2.45, 2.75) is 219 Å². The van der Waals surface area contributed by atoms with Crippen molar-refractivity contribution in [3.8, 4) is 0 Å². The van der Waals surface area contributed by atoms with Crippen molar-refractivity contribution < 1.29 is 47.8 Å². The van der Waals surface area contributed by atoms with Crippen LogP contribution in [0.15, 0.2) is 72.9 Å². The molecule has 63 heavy (non-hydrogen) atoms. The fourth-order valence-corrected chi connectivity index (χ4v) is 7.39. The van der Waals surface area contributed by atoms with Crippen LogP contribution in [0, 0.1) is 0 Å². The predicted molar refractivity (Wildman–Crippen MR) is 260 cm³/mol. The van der Waals surface area contributed by atoms with Crippen LogP contribution in [0.2, 0.25) is 0 Å². The maximum atomic E-state index is 12.4. The number of aliphatic hydroxyl groups is 2.